The van der Waals surface area contributed by atoms with Crippen molar-refractivity contribution in [2.24, 2.45) is 0 Å². The van der Waals surface area contributed by atoms with Crippen LogP contribution >= 0.6 is 0 Å². The van der Waals surface area contributed by atoms with Crippen LogP contribution in [-0.2, 0) is 5.54 Å². The maximum absolute atomic E-state index is 13.6. The lowest BCUT2D eigenvalue weighted by molar-refractivity contribution is -0.0559. The van der Waals surface area contributed by atoms with Crippen LogP contribution in [0.3, 0.4) is 0 Å². The molecule has 1 N–H and O–H groups in total. The van der Waals surface area contributed by atoms with E-state index < -0.39 is 11.5 Å². The lowest BCUT2D eigenvalue weighted by atomic mass is 9.87. The maximum Gasteiger partial charge on any atom is 0.270 e. The number of alkyl halides is 2. The Hall–Kier alpha value is -0.960. The highest BCUT2D eigenvalue weighted by molar-refractivity contribution is 5.28. The van der Waals surface area contributed by atoms with Crippen molar-refractivity contribution in [2.45, 2.75) is 24.8 Å². The molecule has 1 fully saturated rings. The van der Waals surface area contributed by atoms with Crippen molar-refractivity contribution in [1.29, 1.82) is 0 Å². The number of rotatable bonds is 1. The van der Waals surface area contributed by atoms with Crippen molar-refractivity contribution < 1.29 is 8.78 Å². The summed E-state index contributed by atoms with van der Waals surface area (Å²) in [6, 6.07) is 8.89. The highest BCUT2D eigenvalue weighted by Crippen LogP contribution is 2.43. The van der Waals surface area contributed by atoms with E-state index in [-0.39, 0.29) is 6.42 Å². The summed E-state index contributed by atoms with van der Waals surface area (Å²) in [5, 5.41) is 2.89. The third-order valence-electron chi connectivity index (χ3n) is 3.00. The van der Waals surface area contributed by atoms with E-state index >= 15 is 0 Å². The third-order valence-corrected chi connectivity index (χ3v) is 3.00. The lowest BCUT2D eigenvalue weighted by Gasteiger charge is -2.31. The Morgan fingerprint density at radius 1 is 1.21 bits per heavy atom. The Balaban J connectivity index is 2.42. The van der Waals surface area contributed by atoms with Gasteiger partial charge < -0.3 is 5.32 Å². The zero-order valence-electron chi connectivity index (χ0n) is 8.06. The molecule has 1 atom stereocenters. The van der Waals surface area contributed by atoms with Crippen LogP contribution in [0.25, 0.3) is 0 Å². The lowest BCUT2D eigenvalue weighted by Crippen LogP contribution is -2.45. The quantitative estimate of drug-likeness (QED) is 0.729. The van der Waals surface area contributed by atoms with E-state index in [0.29, 0.717) is 12.1 Å². The van der Waals surface area contributed by atoms with Gasteiger partial charge >= 0.3 is 0 Å². The molecule has 1 aliphatic rings. The number of hydrogen-bond acceptors (Lipinski definition) is 1. The minimum Gasteiger partial charge on any atom is -0.302 e. The van der Waals surface area contributed by atoms with Crippen molar-refractivity contribution >= 4 is 0 Å². The summed E-state index contributed by atoms with van der Waals surface area (Å²) in [5.41, 5.74) is -0.545. The van der Waals surface area contributed by atoms with E-state index in [1.807, 2.05) is 6.07 Å². The van der Waals surface area contributed by atoms with Crippen LogP contribution in [0.2, 0.25) is 0 Å². The van der Waals surface area contributed by atoms with Crippen LogP contribution in [0, 0.1) is 0 Å². The van der Waals surface area contributed by atoms with Gasteiger partial charge in [0.25, 0.3) is 5.92 Å². The first-order valence-electron chi connectivity index (χ1n) is 4.75. The van der Waals surface area contributed by atoms with Crippen molar-refractivity contribution in [3.8, 4) is 0 Å². The summed E-state index contributed by atoms with van der Waals surface area (Å²) in [6.45, 7) is 1.94. The van der Waals surface area contributed by atoms with Crippen LogP contribution in [-0.4, -0.2) is 12.5 Å². The van der Waals surface area contributed by atoms with E-state index in [4.69, 9.17) is 0 Å². The van der Waals surface area contributed by atoms with Gasteiger partial charge in [-0.05, 0) is 12.5 Å². The first kappa shape index (κ1) is 9.59. The Morgan fingerprint density at radius 3 is 2.36 bits per heavy atom. The van der Waals surface area contributed by atoms with Gasteiger partial charge in [0, 0.05) is 13.0 Å². The predicted octanol–water partition coefficient (Wildman–Crippen LogP) is 2.53. The van der Waals surface area contributed by atoms with E-state index in [1.54, 1.807) is 31.2 Å². The zero-order valence-corrected chi connectivity index (χ0v) is 8.06. The highest BCUT2D eigenvalue weighted by Gasteiger charge is 2.54. The zero-order chi connectivity index (χ0) is 10.2. The summed E-state index contributed by atoms with van der Waals surface area (Å²) in [6.07, 6.45) is -0.0849. The van der Waals surface area contributed by atoms with Crippen LogP contribution < -0.4 is 5.32 Å². The maximum atomic E-state index is 13.6. The number of nitrogens with one attached hydrogen (secondary N) is 1. The average Bonchev–Trinajstić information content (AvgIpc) is 2.44. The topological polar surface area (TPSA) is 12.0 Å². The van der Waals surface area contributed by atoms with E-state index in [2.05, 4.69) is 5.32 Å². The van der Waals surface area contributed by atoms with Gasteiger partial charge in [0.2, 0.25) is 0 Å². The molecule has 2 rings (SSSR count). The van der Waals surface area contributed by atoms with Gasteiger partial charge in [-0.2, -0.15) is 0 Å². The molecule has 1 saturated heterocycles. The molecule has 0 amide bonds. The second kappa shape index (κ2) is 3.02. The number of halogens is 2. The number of hydrogen-bond donors (Lipinski definition) is 1. The van der Waals surface area contributed by atoms with Gasteiger partial charge in [-0.1, -0.05) is 30.3 Å². The van der Waals surface area contributed by atoms with Crippen LogP contribution in [0.15, 0.2) is 30.3 Å². The summed E-state index contributed by atoms with van der Waals surface area (Å²) >= 11 is 0. The molecule has 0 bridgehead atoms. The van der Waals surface area contributed by atoms with Gasteiger partial charge in [-0.25, -0.2) is 8.78 Å². The molecule has 0 aliphatic carbocycles. The smallest absolute Gasteiger partial charge is 0.270 e. The standard InChI is InChI=1S/C11H13F2N/c1-10(9-5-3-2-4-6-9)11(12,13)7-8-14-10/h2-6,14H,7-8H2,1H3. The van der Waals surface area contributed by atoms with Crippen LogP contribution in [0.4, 0.5) is 8.78 Å². The summed E-state index contributed by atoms with van der Waals surface area (Å²) in [7, 11) is 0. The van der Waals surface area contributed by atoms with Gasteiger partial charge in [-0.3, -0.25) is 0 Å². The van der Waals surface area contributed by atoms with Crippen molar-refractivity contribution in [3.63, 3.8) is 0 Å². The molecular formula is C11H13F2N. The highest BCUT2D eigenvalue weighted by atomic mass is 19.3. The Labute approximate surface area is 82.1 Å². The molecule has 0 saturated carbocycles. The van der Waals surface area contributed by atoms with E-state index in [0.717, 1.165) is 0 Å². The molecule has 1 nitrogen and oxygen atoms in total. The molecule has 1 heterocycles. The van der Waals surface area contributed by atoms with Crippen molar-refractivity contribution in [3.05, 3.63) is 35.9 Å². The van der Waals surface area contributed by atoms with Crippen molar-refractivity contribution in [1.82, 2.24) is 5.32 Å². The van der Waals surface area contributed by atoms with Crippen molar-refractivity contribution in [2.75, 3.05) is 6.54 Å². The Kier molecular flexibility index (Phi) is 2.07. The normalized spacial score (nSPS) is 30.5. The molecular weight excluding hydrogens is 184 g/mol. The van der Waals surface area contributed by atoms with Gasteiger partial charge in [0.15, 0.2) is 0 Å². The molecule has 1 unspecified atom stereocenters. The molecule has 1 aliphatic heterocycles. The molecule has 14 heavy (non-hydrogen) atoms. The second-order valence-corrected chi connectivity index (χ2v) is 3.87. The first-order valence-corrected chi connectivity index (χ1v) is 4.75. The second-order valence-electron chi connectivity index (χ2n) is 3.87. The molecule has 0 aromatic heterocycles. The van der Waals surface area contributed by atoms with Crippen LogP contribution in [0.1, 0.15) is 18.9 Å². The number of benzene rings is 1. The molecule has 0 spiro atoms. The molecule has 1 aromatic carbocycles. The monoisotopic (exact) mass is 197 g/mol. The fourth-order valence-electron chi connectivity index (χ4n) is 1.93. The Morgan fingerprint density at radius 2 is 1.86 bits per heavy atom. The fraction of sp³-hybridized carbons (Fsp3) is 0.455. The van der Waals surface area contributed by atoms with Gasteiger partial charge in [-0.15, -0.1) is 0 Å². The van der Waals surface area contributed by atoms with E-state index in [1.165, 1.54) is 0 Å². The average molecular weight is 197 g/mol. The predicted molar refractivity (Wildman–Crippen MR) is 51.4 cm³/mol. The Bertz CT molecular complexity index is 323. The summed E-state index contributed by atoms with van der Waals surface area (Å²) < 4.78 is 27.2. The fourth-order valence-corrected chi connectivity index (χ4v) is 1.93. The molecule has 3 heteroatoms. The van der Waals surface area contributed by atoms with Gasteiger partial charge in [0.05, 0.1) is 0 Å². The summed E-state index contributed by atoms with van der Waals surface area (Å²) in [5.74, 6) is -2.66. The minimum absolute atomic E-state index is 0.0849. The largest absolute Gasteiger partial charge is 0.302 e. The third kappa shape index (κ3) is 1.23. The first-order chi connectivity index (χ1) is 6.56. The molecule has 1 aromatic rings. The molecule has 0 radical (unpaired) electrons. The molecule has 76 valence electrons. The van der Waals surface area contributed by atoms with Crippen LogP contribution in [0.5, 0.6) is 0 Å². The van der Waals surface area contributed by atoms with Gasteiger partial charge in [0.1, 0.15) is 5.54 Å². The minimum atomic E-state index is -2.66. The van der Waals surface area contributed by atoms with E-state index in [9.17, 15) is 8.78 Å². The summed E-state index contributed by atoms with van der Waals surface area (Å²) in [4.78, 5) is 0. The SMILES string of the molecule is CC1(c2ccccc2)NCCC1(F)F.